The molecule has 1 aliphatic heterocycles. The number of ether oxygens (including phenoxy) is 1. The summed E-state index contributed by atoms with van der Waals surface area (Å²) in [7, 11) is 0. The number of aromatic nitrogens is 3. The zero-order valence-electron chi connectivity index (χ0n) is 24.6. The maximum atomic E-state index is 12.6. The second-order valence-corrected chi connectivity index (χ2v) is 13.6. The molecule has 2 fully saturated rings. The quantitative estimate of drug-likeness (QED) is 0.391. The Morgan fingerprint density at radius 1 is 1.10 bits per heavy atom. The van der Waals surface area contributed by atoms with Crippen molar-refractivity contribution in [2.75, 3.05) is 13.1 Å². The summed E-state index contributed by atoms with van der Waals surface area (Å²) in [5.41, 5.74) is 10.1. The molecule has 2 N–H and O–H groups in total. The fourth-order valence-electron chi connectivity index (χ4n) is 7.34. The highest BCUT2D eigenvalue weighted by Gasteiger charge is 2.66. The van der Waals surface area contributed by atoms with Crippen LogP contribution in [0.2, 0.25) is 0 Å². The second-order valence-electron chi connectivity index (χ2n) is 13.6. The first-order chi connectivity index (χ1) is 18.4. The second kappa shape index (κ2) is 9.05. The van der Waals surface area contributed by atoms with E-state index in [4.69, 9.17) is 9.72 Å². The summed E-state index contributed by atoms with van der Waals surface area (Å²) in [6.45, 7) is 17.3. The predicted molar refractivity (Wildman–Crippen MR) is 155 cm³/mol. The van der Waals surface area contributed by atoms with Gasteiger partial charge in [-0.25, -0.2) is 9.78 Å². The number of carbonyl (C=O) groups is 1. The molecule has 0 atom stereocenters. The molecule has 0 bridgehead atoms. The van der Waals surface area contributed by atoms with Gasteiger partial charge in [-0.3, -0.25) is 9.88 Å². The summed E-state index contributed by atoms with van der Waals surface area (Å²) in [6, 6.07) is 6.67. The number of nitrogens with zero attached hydrogens (tertiary/aromatic N) is 3. The highest BCUT2D eigenvalue weighted by Crippen LogP contribution is 2.64. The number of hydrogen-bond donors (Lipinski definition) is 2. The maximum absolute atomic E-state index is 12.6. The number of amides is 1. The molecule has 0 radical (unpaired) electrons. The fraction of sp³-hybridized carbons (Fsp3) is 0.594. The molecule has 0 unspecified atom stereocenters. The van der Waals surface area contributed by atoms with Gasteiger partial charge in [-0.2, -0.15) is 0 Å². The molecule has 3 aromatic heterocycles. The van der Waals surface area contributed by atoms with E-state index in [1.165, 1.54) is 40.9 Å². The molecule has 208 valence electrons. The maximum Gasteiger partial charge on any atom is 0.408 e. The van der Waals surface area contributed by atoms with Crippen molar-refractivity contribution in [1.29, 1.82) is 0 Å². The minimum absolute atomic E-state index is 0.103. The average molecular weight is 530 g/mol. The number of aryl methyl sites for hydroxylation is 2. The summed E-state index contributed by atoms with van der Waals surface area (Å²) >= 11 is 0. The first-order valence-electron chi connectivity index (χ1n) is 14.6. The molecule has 7 nitrogen and oxygen atoms in total. The van der Waals surface area contributed by atoms with Crippen LogP contribution in [-0.4, -0.2) is 50.2 Å². The van der Waals surface area contributed by atoms with Crippen LogP contribution < -0.4 is 5.32 Å². The third-order valence-corrected chi connectivity index (χ3v) is 9.34. The van der Waals surface area contributed by atoms with Crippen molar-refractivity contribution in [3.8, 4) is 11.3 Å². The summed E-state index contributed by atoms with van der Waals surface area (Å²) in [6.07, 6.45) is 5.16. The van der Waals surface area contributed by atoms with Crippen LogP contribution in [0, 0.1) is 19.3 Å². The van der Waals surface area contributed by atoms with E-state index in [-0.39, 0.29) is 17.0 Å². The zero-order chi connectivity index (χ0) is 27.7. The van der Waals surface area contributed by atoms with Gasteiger partial charge in [0.2, 0.25) is 0 Å². The molecule has 2 aliphatic carbocycles. The Labute approximate surface area is 232 Å². The monoisotopic (exact) mass is 529 g/mol. The Morgan fingerprint density at radius 3 is 2.38 bits per heavy atom. The Kier molecular flexibility index (Phi) is 6.10. The molecular formula is C32H43N5O2. The molecule has 4 heterocycles. The van der Waals surface area contributed by atoms with Crippen LogP contribution in [0.4, 0.5) is 4.79 Å². The number of hydrogen-bond acceptors (Lipinski definition) is 5. The van der Waals surface area contributed by atoms with Crippen LogP contribution in [-0.2, 0) is 17.7 Å². The summed E-state index contributed by atoms with van der Waals surface area (Å²) < 4.78 is 5.61. The molecule has 3 aliphatic rings. The fourth-order valence-corrected chi connectivity index (χ4v) is 7.34. The first-order valence-corrected chi connectivity index (χ1v) is 14.6. The van der Waals surface area contributed by atoms with Gasteiger partial charge in [0, 0.05) is 47.6 Å². The van der Waals surface area contributed by atoms with Gasteiger partial charge in [0.15, 0.2) is 0 Å². The topological polar surface area (TPSA) is 83.1 Å². The third kappa shape index (κ3) is 4.52. The van der Waals surface area contributed by atoms with E-state index >= 15 is 0 Å². The molecule has 2 saturated carbocycles. The molecule has 3 aromatic rings. The normalized spacial score (nSPS) is 24.6. The van der Waals surface area contributed by atoms with Gasteiger partial charge in [0.05, 0.1) is 28.0 Å². The van der Waals surface area contributed by atoms with Gasteiger partial charge >= 0.3 is 6.09 Å². The van der Waals surface area contributed by atoms with Crippen LogP contribution in [0.15, 0.2) is 18.2 Å². The van der Waals surface area contributed by atoms with Gasteiger partial charge < -0.3 is 15.0 Å². The minimum Gasteiger partial charge on any atom is -0.444 e. The molecule has 39 heavy (non-hydrogen) atoms. The molecular weight excluding hydrogens is 486 g/mol. The Bertz CT molecular complexity index is 1420. The number of H-pyrrole nitrogens is 1. The van der Waals surface area contributed by atoms with E-state index in [9.17, 15) is 4.79 Å². The summed E-state index contributed by atoms with van der Waals surface area (Å²) in [5.74, 6) is 0.344. The minimum atomic E-state index is -0.480. The lowest BCUT2D eigenvalue weighted by Crippen LogP contribution is -2.76. The molecule has 0 aromatic carbocycles. The predicted octanol–water partition coefficient (Wildman–Crippen LogP) is 6.56. The van der Waals surface area contributed by atoms with E-state index in [0.717, 1.165) is 61.3 Å². The van der Waals surface area contributed by atoms with Crippen molar-refractivity contribution in [2.24, 2.45) is 5.41 Å². The lowest BCUT2D eigenvalue weighted by atomic mass is 9.42. The lowest BCUT2D eigenvalue weighted by molar-refractivity contribution is -0.143. The van der Waals surface area contributed by atoms with Crippen molar-refractivity contribution in [3.63, 3.8) is 0 Å². The van der Waals surface area contributed by atoms with E-state index in [2.05, 4.69) is 66.1 Å². The van der Waals surface area contributed by atoms with Crippen molar-refractivity contribution in [2.45, 2.75) is 104 Å². The van der Waals surface area contributed by atoms with E-state index in [1.54, 1.807) is 0 Å². The molecule has 1 amide bonds. The Morgan fingerprint density at radius 2 is 1.79 bits per heavy atom. The van der Waals surface area contributed by atoms with Crippen molar-refractivity contribution < 1.29 is 9.53 Å². The number of fused-ring (bicyclic) bond motifs is 3. The number of nitrogens with one attached hydrogen (secondary N) is 2. The van der Waals surface area contributed by atoms with Gasteiger partial charge in [-0.1, -0.05) is 13.8 Å². The molecule has 7 heteroatoms. The highest BCUT2D eigenvalue weighted by atomic mass is 16.6. The molecule has 6 rings (SSSR count). The summed E-state index contributed by atoms with van der Waals surface area (Å²) in [4.78, 5) is 28.8. The zero-order valence-corrected chi connectivity index (χ0v) is 24.6. The lowest BCUT2D eigenvalue weighted by Gasteiger charge is -2.69. The van der Waals surface area contributed by atoms with Gasteiger partial charge in [-0.05, 0) is 96.4 Å². The largest absolute Gasteiger partial charge is 0.444 e. The molecule has 0 spiro atoms. The van der Waals surface area contributed by atoms with Crippen LogP contribution >= 0.6 is 0 Å². The van der Waals surface area contributed by atoms with Crippen molar-refractivity contribution >= 4 is 17.1 Å². The van der Waals surface area contributed by atoms with E-state index in [0.29, 0.717) is 5.92 Å². The van der Waals surface area contributed by atoms with Crippen molar-refractivity contribution in [3.05, 3.63) is 46.4 Å². The highest BCUT2D eigenvalue weighted by molar-refractivity contribution is 5.89. The van der Waals surface area contributed by atoms with Gasteiger partial charge in [0.25, 0.3) is 0 Å². The number of alkyl carbamates (subject to hydrolysis) is 1. The van der Waals surface area contributed by atoms with Crippen LogP contribution in [0.5, 0.6) is 0 Å². The van der Waals surface area contributed by atoms with Gasteiger partial charge in [-0.15, -0.1) is 0 Å². The van der Waals surface area contributed by atoms with Crippen LogP contribution in [0.3, 0.4) is 0 Å². The number of pyridine rings is 2. The number of aromatic amines is 1. The third-order valence-electron chi connectivity index (χ3n) is 9.34. The van der Waals surface area contributed by atoms with E-state index < -0.39 is 5.60 Å². The summed E-state index contributed by atoms with van der Waals surface area (Å²) in [5, 5.41) is 3.29. The van der Waals surface area contributed by atoms with Crippen LogP contribution in [0.1, 0.15) is 94.4 Å². The standard InChI is InChI=1S/C32H43N5O2/c1-19(2)26-27(23-14-20(3)33-21(4)15-23)34-24-16-22-8-13-37(17-25(22)35-28(24)26)18-31-9-11-32(31,12-10-31)36-29(38)39-30(5,6)7/h14-16,19,34H,8-13,17-18H2,1-7H3,(H,36,38). The Balaban J connectivity index is 1.25. The van der Waals surface area contributed by atoms with Gasteiger partial charge in [0.1, 0.15) is 5.60 Å². The average Bonchev–Trinajstić information content (AvgIpc) is 3.20. The Hall–Kier alpha value is -2.93. The van der Waals surface area contributed by atoms with Crippen LogP contribution in [0.25, 0.3) is 22.3 Å². The first kappa shape index (κ1) is 26.3. The smallest absolute Gasteiger partial charge is 0.408 e. The SMILES string of the molecule is Cc1cc(-c2[nH]c3cc4c(nc3c2C(C)C)CN(CC23CCC2(NC(=O)OC(C)(C)C)CC3)CC4)cc(C)n1. The molecule has 0 saturated heterocycles. The number of rotatable bonds is 5. The van der Waals surface area contributed by atoms with E-state index in [1.807, 2.05) is 20.8 Å². The number of carbonyl (C=O) groups excluding carboxylic acids is 1. The van der Waals surface area contributed by atoms with Crippen molar-refractivity contribution in [1.82, 2.24) is 25.2 Å².